The maximum atomic E-state index is 11.6. The van der Waals surface area contributed by atoms with Crippen LogP contribution in [-0.4, -0.2) is 70.9 Å². The molecule has 1 aliphatic rings. The molecule has 9 heteroatoms. The number of halogens is 1. The zero-order valence-electron chi connectivity index (χ0n) is 12.8. The Kier molecular flexibility index (Phi) is 11.4. The molecule has 0 unspecified atom stereocenters. The standard InChI is InChI=1S/C12H26N4O3S.HI/c1-3-13-12(14-6-4-10-19-2)15-7-9-16-8-5-11-20(16,17)18;/h3-11H2,1-2H3,(H2,13,14,15);1H. The van der Waals surface area contributed by atoms with Crippen molar-refractivity contribution in [1.29, 1.82) is 0 Å². The summed E-state index contributed by atoms with van der Waals surface area (Å²) in [6.45, 7) is 5.83. The summed E-state index contributed by atoms with van der Waals surface area (Å²) in [6, 6.07) is 0. The molecule has 1 rings (SSSR count). The monoisotopic (exact) mass is 434 g/mol. The summed E-state index contributed by atoms with van der Waals surface area (Å²) in [6.07, 6.45) is 1.60. The quantitative estimate of drug-likeness (QED) is 0.248. The molecule has 21 heavy (non-hydrogen) atoms. The molecule has 0 amide bonds. The third-order valence-electron chi connectivity index (χ3n) is 2.98. The summed E-state index contributed by atoms with van der Waals surface area (Å²) < 4.78 is 29.8. The van der Waals surface area contributed by atoms with Crippen LogP contribution in [0.2, 0.25) is 0 Å². The summed E-state index contributed by atoms with van der Waals surface area (Å²) >= 11 is 0. The van der Waals surface area contributed by atoms with Gasteiger partial charge in [-0.2, -0.15) is 0 Å². The van der Waals surface area contributed by atoms with Crippen molar-refractivity contribution in [2.75, 3.05) is 52.2 Å². The van der Waals surface area contributed by atoms with Crippen molar-refractivity contribution >= 4 is 40.0 Å². The Morgan fingerprint density at radius 1 is 1.38 bits per heavy atom. The largest absolute Gasteiger partial charge is 0.385 e. The Bertz CT molecular complexity index is 403. The Hall–Kier alpha value is -0.130. The van der Waals surface area contributed by atoms with Gasteiger partial charge in [0, 0.05) is 46.4 Å². The van der Waals surface area contributed by atoms with Gasteiger partial charge in [-0.1, -0.05) is 0 Å². The van der Waals surface area contributed by atoms with Crippen LogP contribution < -0.4 is 10.6 Å². The maximum absolute atomic E-state index is 11.6. The van der Waals surface area contributed by atoms with Gasteiger partial charge in [-0.3, -0.25) is 4.99 Å². The van der Waals surface area contributed by atoms with Crippen LogP contribution in [0.15, 0.2) is 4.99 Å². The van der Waals surface area contributed by atoms with E-state index in [1.165, 1.54) is 4.31 Å². The van der Waals surface area contributed by atoms with E-state index in [1.807, 2.05) is 6.92 Å². The van der Waals surface area contributed by atoms with Gasteiger partial charge in [-0.15, -0.1) is 24.0 Å². The van der Waals surface area contributed by atoms with Crippen molar-refractivity contribution in [1.82, 2.24) is 14.9 Å². The number of aliphatic imine (C=N–C) groups is 1. The first-order valence-electron chi connectivity index (χ1n) is 7.09. The average molecular weight is 434 g/mol. The highest BCUT2D eigenvalue weighted by molar-refractivity contribution is 14.0. The summed E-state index contributed by atoms with van der Waals surface area (Å²) in [5.74, 6) is 0.998. The van der Waals surface area contributed by atoms with E-state index in [-0.39, 0.29) is 29.7 Å². The molecule has 0 aromatic rings. The number of methoxy groups -OCH3 is 1. The molecule has 1 fully saturated rings. The fourth-order valence-corrected chi connectivity index (χ4v) is 3.51. The zero-order valence-corrected chi connectivity index (χ0v) is 15.9. The van der Waals surface area contributed by atoms with E-state index in [0.29, 0.717) is 32.8 Å². The summed E-state index contributed by atoms with van der Waals surface area (Å²) in [7, 11) is -1.33. The second-order valence-corrected chi connectivity index (χ2v) is 6.69. The van der Waals surface area contributed by atoms with E-state index < -0.39 is 10.0 Å². The topological polar surface area (TPSA) is 83.0 Å². The Balaban J connectivity index is 0.00000400. The van der Waals surface area contributed by atoms with Gasteiger partial charge in [0.25, 0.3) is 0 Å². The lowest BCUT2D eigenvalue weighted by Crippen LogP contribution is -2.42. The van der Waals surface area contributed by atoms with Crippen molar-refractivity contribution in [2.45, 2.75) is 19.8 Å². The lowest BCUT2D eigenvalue weighted by molar-refractivity contribution is 0.197. The number of hydrogen-bond donors (Lipinski definition) is 2. The van der Waals surface area contributed by atoms with Gasteiger partial charge in [0.1, 0.15) is 0 Å². The van der Waals surface area contributed by atoms with Crippen LogP contribution in [-0.2, 0) is 14.8 Å². The van der Waals surface area contributed by atoms with Crippen LogP contribution in [0.3, 0.4) is 0 Å². The van der Waals surface area contributed by atoms with E-state index in [0.717, 1.165) is 25.3 Å². The Morgan fingerprint density at radius 2 is 2.14 bits per heavy atom. The van der Waals surface area contributed by atoms with E-state index in [1.54, 1.807) is 7.11 Å². The lowest BCUT2D eigenvalue weighted by Gasteiger charge is -2.16. The average Bonchev–Trinajstić information content (AvgIpc) is 2.74. The van der Waals surface area contributed by atoms with Crippen LogP contribution in [0.1, 0.15) is 19.8 Å². The first kappa shape index (κ1) is 20.9. The minimum atomic E-state index is -3.01. The molecule has 0 aromatic carbocycles. The first-order valence-corrected chi connectivity index (χ1v) is 8.70. The molecule has 0 bridgehead atoms. The number of sulfonamides is 1. The molecule has 0 saturated carbocycles. The molecule has 126 valence electrons. The summed E-state index contributed by atoms with van der Waals surface area (Å²) in [4.78, 5) is 4.40. The number of nitrogens with one attached hydrogen (secondary N) is 2. The number of rotatable bonds is 8. The van der Waals surface area contributed by atoms with Crippen LogP contribution in [0, 0.1) is 0 Å². The molecule has 1 aliphatic heterocycles. The van der Waals surface area contributed by atoms with Gasteiger partial charge in [0.2, 0.25) is 10.0 Å². The number of nitrogens with zero attached hydrogens (tertiary/aromatic N) is 2. The van der Waals surface area contributed by atoms with Gasteiger partial charge in [0.15, 0.2) is 5.96 Å². The summed E-state index contributed by atoms with van der Waals surface area (Å²) in [5, 5.41) is 6.29. The molecule has 7 nitrogen and oxygen atoms in total. The minimum Gasteiger partial charge on any atom is -0.385 e. The molecule has 1 saturated heterocycles. The molecule has 1 heterocycles. The van der Waals surface area contributed by atoms with Crippen molar-refractivity contribution in [2.24, 2.45) is 4.99 Å². The minimum absolute atomic E-state index is 0. The zero-order chi connectivity index (χ0) is 14.8. The van der Waals surface area contributed by atoms with Crippen molar-refractivity contribution < 1.29 is 13.2 Å². The van der Waals surface area contributed by atoms with E-state index >= 15 is 0 Å². The Morgan fingerprint density at radius 3 is 2.71 bits per heavy atom. The maximum Gasteiger partial charge on any atom is 0.214 e. The fraction of sp³-hybridized carbons (Fsp3) is 0.917. The molecule has 0 atom stereocenters. The SMILES string of the molecule is CCNC(=NCCCOC)NCCN1CCCS1(=O)=O.I. The van der Waals surface area contributed by atoms with Crippen LogP contribution in [0.4, 0.5) is 0 Å². The highest BCUT2D eigenvalue weighted by atomic mass is 127. The number of guanidine groups is 1. The van der Waals surface area contributed by atoms with Crippen LogP contribution in [0.5, 0.6) is 0 Å². The predicted octanol–water partition coefficient (Wildman–Crippen LogP) is 0.232. The second kappa shape index (κ2) is 11.4. The van der Waals surface area contributed by atoms with Crippen LogP contribution in [0.25, 0.3) is 0 Å². The van der Waals surface area contributed by atoms with Crippen LogP contribution >= 0.6 is 24.0 Å². The molecule has 0 radical (unpaired) electrons. The van der Waals surface area contributed by atoms with E-state index in [2.05, 4.69) is 15.6 Å². The fourth-order valence-electron chi connectivity index (χ4n) is 1.98. The van der Waals surface area contributed by atoms with Gasteiger partial charge in [-0.25, -0.2) is 12.7 Å². The van der Waals surface area contributed by atoms with Crippen molar-refractivity contribution in [3.05, 3.63) is 0 Å². The number of ether oxygens (including phenoxy) is 1. The predicted molar refractivity (Wildman–Crippen MR) is 95.9 cm³/mol. The van der Waals surface area contributed by atoms with Gasteiger partial charge < -0.3 is 15.4 Å². The van der Waals surface area contributed by atoms with Crippen molar-refractivity contribution in [3.8, 4) is 0 Å². The molecule has 2 N–H and O–H groups in total. The van der Waals surface area contributed by atoms with Gasteiger partial charge in [0.05, 0.1) is 5.75 Å². The third kappa shape index (κ3) is 8.17. The lowest BCUT2D eigenvalue weighted by atomic mass is 10.4. The third-order valence-corrected chi connectivity index (χ3v) is 4.93. The Labute approximate surface area is 145 Å². The molecule has 0 aromatic heterocycles. The van der Waals surface area contributed by atoms with Gasteiger partial charge in [-0.05, 0) is 19.8 Å². The van der Waals surface area contributed by atoms with Crippen molar-refractivity contribution in [3.63, 3.8) is 0 Å². The molecular weight excluding hydrogens is 407 g/mol. The normalized spacial score (nSPS) is 18.3. The molecular formula is C12H27IN4O3S. The van der Waals surface area contributed by atoms with Gasteiger partial charge >= 0.3 is 0 Å². The highest BCUT2D eigenvalue weighted by Crippen LogP contribution is 2.11. The van der Waals surface area contributed by atoms with E-state index in [9.17, 15) is 8.42 Å². The summed E-state index contributed by atoms with van der Waals surface area (Å²) in [5.41, 5.74) is 0. The van der Waals surface area contributed by atoms with E-state index in [4.69, 9.17) is 4.74 Å². The smallest absolute Gasteiger partial charge is 0.214 e. The highest BCUT2D eigenvalue weighted by Gasteiger charge is 2.27. The first-order chi connectivity index (χ1) is 9.60. The molecule has 0 spiro atoms. The second-order valence-electron chi connectivity index (χ2n) is 4.60. The molecule has 0 aliphatic carbocycles. The number of hydrogen-bond acceptors (Lipinski definition) is 4.